The van der Waals surface area contributed by atoms with E-state index in [-0.39, 0.29) is 0 Å². The van der Waals surface area contributed by atoms with Crippen LogP contribution in [0.3, 0.4) is 0 Å². The first-order chi connectivity index (χ1) is 7.70. The molecule has 2 heteroatoms. The number of benzene rings is 1. The number of nitrogens with zero attached hydrogens (tertiary/aromatic N) is 1. The lowest BCUT2D eigenvalue weighted by Gasteiger charge is -2.43. The largest absolute Gasteiger partial charge is 0.399 e. The highest BCUT2D eigenvalue weighted by Gasteiger charge is 2.29. The van der Waals surface area contributed by atoms with Crippen LogP contribution in [-0.4, -0.2) is 18.0 Å². The molecule has 0 spiro atoms. The zero-order valence-corrected chi connectivity index (χ0v) is 10.3. The maximum Gasteiger partial charge on any atom is 0.0320 e. The Morgan fingerprint density at radius 2 is 2.19 bits per heavy atom. The number of hydrogen-bond donors (Lipinski definition) is 1. The summed E-state index contributed by atoms with van der Waals surface area (Å²) in [4.78, 5) is 2.54. The molecule has 2 rings (SSSR count). The van der Waals surface area contributed by atoms with Crippen molar-refractivity contribution < 1.29 is 0 Å². The van der Waals surface area contributed by atoms with Crippen molar-refractivity contribution in [3.8, 4) is 0 Å². The van der Waals surface area contributed by atoms with Gasteiger partial charge in [0.15, 0.2) is 0 Å². The van der Waals surface area contributed by atoms with Gasteiger partial charge in [0.05, 0.1) is 0 Å². The number of rotatable bonds is 4. The average Bonchev–Trinajstić information content (AvgIpc) is 2.22. The number of nitrogens with two attached hydrogens (primary N) is 1. The molecule has 0 bridgehead atoms. The molecule has 1 aromatic carbocycles. The molecule has 0 saturated carbocycles. The van der Waals surface area contributed by atoms with E-state index >= 15 is 0 Å². The molecule has 1 heterocycles. The molecule has 0 aliphatic carbocycles. The second kappa shape index (κ2) is 4.88. The van der Waals surface area contributed by atoms with Crippen LogP contribution in [0.15, 0.2) is 24.3 Å². The van der Waals surface area contributed by atoms with Crippen molar-refractivity contribution in [3.05, 3.63) is 29.8 Å². The number of anilines is 1. The molecule has 1 atom stereocenters. The van der Waals surface area contributed by atoms with Crippen LogP contribution in [0.25, 0.3) is 0 Å². The molecule has 1 aromatic rings. The van der Waals surface area contributed by atoms with Gasteiger partial charge in [-0.1, -0.05) is 25.5 Å². The molecule has 0 aromatic heterocycles. The number of nitrogen functional groups attached to an aromatic ring is 1. The van der Waals surface area contributed by atoms with E-state index in [1.54, 1.807) is 0 Å². The van der Waals surface area contributed by atoms with Crippen molar-refractivity contribution in [1.29, 1.82) is 0 Å². The molecular formula is C14H22N2. The summed E-state index contributed by atoms with van der Waals surface area (Å²) in [5, 5.41) is 0. The van der Waals surface area contributed by atoms with Gasteiger partial charge >= 0.3 is 0 Å². The Morgan fingerprint density at radius 3 is 2.81 bits per heavy atom. The summed E-state index contributed by atoms with van der Waals surface area (Å²) in [5.74, 6) is 0.925. The molecule has 88 valence electrons. The van der Waals surface area contributed by atoms with Crippen molar-refractivity contribution in [2.45, 2.75) is 32.7 Å². The van der Waals surface area contributed by atoms with Gasteiger partial charge in [-0.3, -0.25) is 4.90 Å². The van der Waals surface area contributed by atoms with Gasteiger partial charge < -0.3 is 5.73 Å². The SMILES string of the molecule is CCCC1CN(C(C)c2cccc(N)c2)C1. The van der Waals surface area contributed by atoms with Crippen LogP contribution in [0.4, 0.5) is 5.69 Å². The lowest BCUT2D eigenvalue weighted by Crippen LogP contribution is -2.47. The number of hydrogen-bond acceptors (Lipinski definition) is 2. The van der Waals surface area contributed by atoms with E-state index < -0.39 is 0 Å². The highest BCUT2D eigenvalue weighted by Crippen LogP contribution is 2.30. The van der Waals surface area contributed by atoms with Gasteiger partial charge in [0.25, 0.3) is 0 Å². The van der Waals surface area contributed by atoms with Gasteiger partial charge in [-0.05, 0) is 37.0 Å². The van der Waals surface area contributed by atoms with Crippen LogP contribution in [0.5, 0.6) is 0 Å². The van der Waals surface area contributed by atoms with Crippen molar-refractivity contribution in [2.24, 2.45) is 5.92 Å². The number of likely N-dealkylation sites (tertiary alicyclic amines) is 1. The summed E-state index contributed by atoms with van der Waals surface area (Å²) in [7, 11) is 0. The third-order valence-electron chi connectivity index (χ3n) is 3.62. The summed E-state index contributed by atoms with van der Waals surface area (Å²) in [5.41, 5.74) is 8.03. The zero-order valence-electron chi connectivity index (χ0n) is 10.3. The Morgan fingerprint density at radius 1 is 1.44 bits per heavy atom. The molecule has 1 aliphatic heterocycles. The van der Waals surface area contributed by atoms with Crippen LogP contribution >= 0.6 is 0 Å². The lowest BCUT2D eigenvalue weighted by molar-refractivity contribution is 0.0545. The van der Waals surface area contributed by atoms with Crippen LogP contribution < -0.4 is 5.73 Å². The van der Waals surface area contributed by atoms with Crippen LogP contribution in [0.2, 0.25) is 0 Å². The van der Waals surface area contributed by atoms with E-state index in [9.17, 15) is 0 Å². The minimum absolute atomic E-state index is 0.511. The average molecular weight is 218 g/mol. The van der Waals surface area contributed by atoms with Gasteiger partial charge in [0.2, 0.25) is 0 Å². The van der Waals surface area contributed by atoms with Crippen LogP contribution in [0, 0.1) is 5.92 Å². The van der Waals surface area contributed by atoms with Gasteiger partial charge in [-0.15, -0.1) is 0 Å². The van der Waals surface area contributed by atoms with Crippen molar-refractivity contribution in [2.75, 3.05) is 18.8 Å². The molecule has 2 nitrogen and oxygen atoms in total. The third kappa shape index (κ3) is 2.38. The smallest absolute Gasteiger partial charge is 0.0320 e. The van der Waals surface area contributed by atoms with Gasteiger partial charge in [0, 0.05) is 24.8 Å². The quantitative estimate of drug-likeness (QED) is 0.787. The molecule has 1 fully saturated rings. The summed E-state index contributed by atoms with van der Waals surface area (Å²) >= 11 is 0. The van der Waals surface area contributed by atoms with Gasteiger partial charge in [-0.2, -0.15) is 0 Å². The first-order valence-corrected chi connectivity index (χ1v) is 6.30. The first kappa shape index (κ1) is 11.5. The fourth-order valence-electron chi connectivity index (χ4n) is 2.55. The summed E-state index contributed by atoms with van der Waals surface area (Å²) in [6.07, 6.45) is 2.69. The second-order valence-electron chi connectivity index (χ2n) is 4.95. The van der Waals surface area contributed by atoms with E-state index in [4.69, 9.17) is 5.73 Å². The first-order valence-electron chi connectivity index (χ1n) is 6.30. The molecule has 0 radical (unpaired) electrons. The molecule has 16 heavy (non-hydrogen) atoms. The topological polar surface area (TPSA) is 29.3 Å². The third-order valence-corrected chi connectivity index (χ3v) is 3.62. The Bertz CT molecular complexity index is 342. The summed E-state index contributed by atoms with van der Waals surface area (Å²) in [6, 6.07) is 8.78. The van der Waals surface area contributed by atoms with Gasteiger partial charge in [0.1, 0.15) is 0 Å². The molecular weight excluding hydrogens is 196 g/mol. The minimum atomic E-state index is 0.511. The Balaban J connectivity index is 1.92. The minimum Gasteiger partial charge on any atom is -0.399 e. The molecule has 1 saturated heterocycles. The zero-order chi connectivity index (χ0) is 11.5. The van der Waals surface area contributed by atoms with Crippen molar-refractivity contribution in [1.82, 2.24) is 4.90 Å². The standard InChI is InChI=1S/C14H22N2/c1-3-5-12-9-16(10-12)11(2)13-6-4-7-14(15)8-13/h4,6-8,11-12H,3,5,9-10,15H2,1-2H3. The van der Waals surface area contributed by atoms with Crippen molar-refractivity contribution in [3.63, 3.8) is 0 Å². The molecule has 1 aliphatic rings. The Hall–Kier alpha value is -1.02. The fourth-order valence-corrected chi connectivity index (χ4v) is 2.55. The van der Waals surface area contributed by atoms with Crippen molar-refractivity contribution >= 4 is 5.69 Å². The predicted molar refractivity (Wildman–Crippen MR) is 69.2 cm³/mol. The maximum atomic E-state index is 5.81. The second-order valence-corrected chi connectivity index (χ2v) is 4.95. The van der Waals surface area contributed by atoms with Crippen LogP contribution in [-0.2, 0) is 0 Å². The fraction of sp³-hybridized carbons (Fsp3) is 0.571. The Labute approximate surface area is 98.4 Å². The normalized spacial score (nSPS) is 19.4. The monoisotopic (exact) mass is 218 g/mol. The van der Waals surface area contributed by atoms with E-state index in [0.29, 0.717) is 6.04 Å². The molecule has 0 amide bonds. The Kier molecular flexibility index (Phi) is 3.49. The van der Waals surface area contributed by atoms with E-state index in [2.05, 4.69) is 30.9 Å². The maximum absolute atomic E-state index is 5.81. The molecule has 2 N–H and O–H groups in total. The van der Waals surface area contributed by atoms with E-state index in [1.807, 2.05) is 12.1 Å². The van der Waals surface area contributed by atoms with E-state index in [0.717, 1.165) is 11.6 Å². The summed E-state index contributed by atoms with van der Waals surface area (Å²) in [6.45, 7) is 7.05. The van der Waals surface area contributed by atoms with E-state index in [1.165, 1.54) is 31.5 Å². The molecule has 1 unspecified atom stereocenters. The predicted octanol–water partition coefficient (Wildman–Crippen LogP) is 3.06. The highest BCUT2D eigenvalue weighted by molar-refractivity contribution is 5.41. The summed E-state index contributed by atoms with van der Waals surface area (Å²) < 4.78 is 0. The van der Waals surface area contributed by atoms with Gasteiger partial charge in [-0.25, -0.2) is 0 Å². The van der Waals surface area contributed by atoms with Crippen LogP contribution in [0.1, 0.15) is 38.3 Å². The highest BCUT2D eigenvalue weighted by atomic mass is 15.2. The lowest BCUT2D eigenvalue weighted by atomic mass is 9.91.